The van der Waals surface area contributed by atoms with Gasteiger partial charge in [-0.3, -0.25) is 4.79 Å². The number of amides is 1. The molecule has 3 rings (SSSR count). The molecule has 6 heteroatoms. The van der Waals surface area contributed by atoms with Gasteiger partial charge in [0.2, 0.25) is 11.8 Å². The fraction of sp³-hybridized carbons (Fsp3) is 0.526. The van der Waals surface area contributed by atoms with E-state index < -0.39 is 5.60 Å². The standard InChI is InChI=1S/C19H25N3O3/c1-12(2)16(18-21-17(22-25-18)13-9-10-13)20-15(23)11-19(3,24)14-7-5-4-6-8-14/h4-8,12-13,16,24H,9-11H2,1-3H3,(H,20,23). The highest BCUT2D eigenvalue weighted by atomic mass is 16.5. The summed E-state index contributed by atoms with van der Waals surface area (Å²) < 4.78 is 5.37. The number of aromatic nitrogens is 2. The molecule has 2 unspecified atom stereocenters. The first-order valence-corrected chi connectivity index (χ1v) is 8.77. The fourth-order valence-electron chi connectivity index (χ4n) is 2.83. The van der Waals surface area contributed by atoms with Gasteiger partial charge >= 0.3 is 0 Å². The lowest BCUT2D eigenvalue weighted by atomic mass is 9.92. The molecule has 25 heavy (non-hydrogen) atoms. The zero-order chi connectivity index (χ0) is 18.0. The van der Waals surface area contributed by atoms with Crippen LogP contribution in [0.15, 0.2) is 34.9 Å². The van der Waals surface area contributed by atoms with Crippen LogP contribution in [-0.2, 0) is 10.4 Å². The first-order chi connectivity index (χ1) is 11.9. The number of hydrogen-bond donors (Lipinski definition) is 2. The molecule has 134 valence electrons. The number of aliphatic hydroxyl groups is 1. The van der Waals surface area contributed by atoms with Gasteiger partial charge in [0.15, 0.2) is 5.82 Å². The number of carbonyl (C=O) groups excluding carboxylic acids is 1. The Labute approximate surface area is 147 Å². The number of benzene rings is 1. The molecule has 2 N–H and O–H groups in total. The van der Waals surface area contributed by atoms with Crippen LogP contribution in [0.1, 0.15) is 69.3 Å². The molecule has 0 radical (unpaired) electrons. The molecule has 0 bridgehead atoms. The van der Waals surface area contributed by atoms with E-state index in [1.807, 2.05) is 44.2 Å². The van der Waals surface area contributed by atoms with Crippen LogP contribution in [0.4, 0.5) is 0 Å². The molecule has 0 spiro atoms. The van der Waals surface area contributed by atoms with E-state index in [0.717, 1.165) is 18.7 Å². The van der Waals surface area contributed by atoms with Crippen molar-refractivity contribution < 1.29 is 14.4 Å². The lowest BCUT2D eigenvalue weighted by Gasteiger charge is -2.25. The zero-order valence-corrected chi connectivity index (χ0v) is 14.9. The maximum absolute atomic E-state index is 12.5. The van der Waals surface area contributed by atoms with E-state index in [4.69, 9.17) is 4.52 Å². The molecule has 6 nitrogen and oxygen atoms in total. The Morgan fingerprint density at radius 3 is 2.64 bits per heavy atom. The monoisotopic (exact) mass is 343 g/mol. The molecule has 1 aliphatic rings. The number of nitrogens with one attached hydrogen (secondary N) is 1. The topological polar surface area (TPSA) is 88.2 Å². The van der Waals surface area contributed by atoms with Crippen molar-refractivity contribution in [1.29, 1.82) is 0 Å². The molecular formula is C19H25N3O3. The second-order valence-electron chi connectivity index (χ2n) is 7.37. The van der Waals surface area contributed by atoms with Crippen LogP contribution in [0.2, 0.25) is 0 Å². The third-order valence-corrected chi connectivity index (χ3v) is 4.55. The highest BCUT2D eigenvalue weighted by molar-refractivity contribution is 5.77. The number of hydrogen-bond acceptors (Lipinski definition) is 5. The minimum atomic E-state index is -1.24. The average molecular weight is 343 g/mol. The maximum Gasteiger partial charge on any atom is 0.249 e. The second-order valence-corrected chi connectivity index (χ2v) is 7.37. The second kappa shape index (κ2) is 6.96. The largest absolute Gasteiger partial charge is 0.385 e. The number of rotatable bonds is 7. The Hall–Kier alpha value is -2.21. The van der Waals surface area contributed by atoms with Gasteiger partial charge in [0.1, 0.15) is 6.04 Å². The summed E-state index contributed by atoms with van der Waals surface area (Å²) in [4.78, 5) is 17.0. The number of nitrogens with zero attached hydrogens (tertiary/aromatic N) is 2. The minimum absolute atomic E-state index is 0.0378. The summed E-state index contributed by atoms with van der Waals surface area (Å²) in [6.07, 6.45) is 2.15. The van der Waals surface area contributed by atoms with Crippen LogP contribution >= 0.6 is 0 Å². The van der Waals surface area contributed by atoms with Crippen molar-refractivity contribution in [2.45, 2.75) is 57.6 Å². The Morgan fingerprint density at radius 2 is 2.04 bits per heavy atom. The van der Waals surface area contributed by atoms with Crippen LogP contribution < -0.4 is 5.32 Å². The summed E-state index contributed by atoms with van der Waals surface area (Å²) in [6.45, 7) is 5.62. The van der Waals surface area contributed by atoms with Crippen molar-refractivity contribution in [1.82, 2.24) is 15.5 Å². The highest BCUT2D eigenvalue weighted by Gasteiger charge is 2.33. The third kappa shape index (κ3) is 4.25. The van der Waals surface area contributed by atoms with E-state index in [0.29, 0.717) is 17.4 Å². The molecule has 1 saturated carbocycles. The minimum Gasteiger partial charge on any atom is -0.385 e. The Morgan fingerprint density at radius 1 is 1.36 bits per heavy atom. The lowest BCUT2D eigenvalue weighted by Crippen LogP contribution is -2.37. The van der Waals surface area contributed by atoms with Crippen LogP contribution in [0, 0.1) is 5.92 Å². The van der Waals surface area contributed by atoms with Crippen LogP contribution in [0.3, 0.4) is 0 Å². The summed E-state index contributed by atoms with van der Waals surface area (Å²) in [5.74, 6) is 1.41. The van der Waals surface area contributed by atoms with Gasteiger partial charge in [-0.05, 0) is 31.2 Å². The quantitative estimate of drug-likeness (QED) is 0.806. The smallest absolute Gasteiger partial charge is 0.249 e. The van der Waals surface area contributed by atoms with E-state index >= 15 is 0 Å². The SMILES string of the molecule is CC(C)C(NC(=O)CC(C)(O)c1ccccc1)c1nc(C2CC2)no1. The molecule has 2 atom stereocenters. The molecule has 1 fully saturated rings. The normalized spacial score (nSPS) is 18.0. The van der Waals surface area contributed by atoms with Crippen molar-refractivity contribution in [2.24, 2.45) is 5.92 Å². The number of carbonyl (C=O) groups is 1. The van der Waals surface area contributed by atoms with E-state index in [-0.39, 0.29) is 24.3 Å². The van der Waals surface area contributed by atoms with E-state index in [1.165, 1.54) is 0 Å². The van der Waals surface area contributed by atoms with Crippen molar-refractivity contribution in [3.63, 3.8) is 0 Å². The zero-order valence-electron chi connectivity index (χ0n) is 14.9. The van der Waals surface area contributed by atoms with Gasteiger partial charge in [0.25, 0.3) is 0 Å². The van der Waals surface area contributed by atoms with Crippen LogP contribution in [0.5, 0.6) is 0 Å². The molecule has 1 aliphatic carbocycles. The molecular weight excluding hydrogens is 318 g/mol. The molecule has 0 aliphatic heterocycles. The molecule has 1 aromatic heterocycles. The molecule has 2 aromatic rings. The van der Waals surface area contributed by atoms with Crippen molar-refractivity contribution >= 4 is 5.91 Å². The summed E-state index contributed by atoms with van der Waals surface area (Å²) in [5.41, 5.74) is -0.527. The van der Waals surface area contributed by atoms with Gasteiger partial charge in [-0.2, -0.15) is 4.98 Å². The Bertz CT molecular complexity index is 721. The average Bonchev–Trinajstić information content (AvgIpc) is 3.31. The molecule has 1 heterocycles. The molecule has 0 saturated heterocycles. The lowest BCUT2D eigenvalue weighted by molar-refractivity contribution is -0.127. The van der Waals surface area contributed by atoms with Gasteiger partial charge in [0, 0.05) is 5.92 Å². The summed E-state index contributed by atoms with van der Waals surface area (Å²) in [7, 11) is 0. The van der Waals surface area contributed by atoms with Gasteiger partial charge in [-0.15, -0.1) is 0 Å². The first kappa shape index (κ1) is 17.6. The summed E-state index contributed by atoms with van der Waals surface area (Å²) in [6, 6.07) is 8.83. The molecule has 1 aromatic carbocycles. The first-order valence-electron chi connectivity index (χ1n) is 8.77. The van der Waals surface area contributed by atoms with Gasteiger partial charge in [-0.1, -0.05) is 49.3 Å². The maximum atomic E-state index is 12.5. The summed E-state index contributed by atoms with van der Waals surface area (Å²) >= 11 is 0. The summed E-state index contributed by atoms with van der Waals surface area (Å²) in [5, 5.41) is 17.6. The van der Waals surface area contributed by atoms with Gasteiger partial charge < -0.3 is 14.9 Å². The van der Waals surface area contributed by atoms with Crippen molar-refractivity contribution in [3.05, 3.63) is 47.6 Å². The van der Waals surface area contributed by atoms with Gasteiger partial charge in [-0.25, -0.2) is 0 Å². The Balaban J connectivity index is 1.68. The van der Waals surface area contributed by atoms with E-state index in [1.54, 1.807) is 6.92 Å². The predicted molar refractivity (Wildman–Crippen MR) is 92.6 cm³/mol. The van der Waals surface area contributed by atoms with E-state index in [9.17, 15) is 9.90 Å². The van der Waals surface area contributed by atoms with Crippen molar-refractivity contribution in [3.8, 4) is 0 Å². The van der Waals surface area contributed by atoms with Crippen LogP contribution in [-0.4, -0.2) is 21.2 Å². The predicted octanol–water partition coefficient (Wildman–Crippen LogP) is 3.06. The molecule has 1 amide bonds. The fourth-order valence-corrected chi connectivity index (χ4v) is 2.83. The third-order valence-electron chi connectivity index (χ3n) is 4.55. The van der Waals surface area contributed by atoms with Crippen LogP contribution in [0.25, 0.3) is 0 Å². The Kier molecular flexibility index (Phi) is 4.90. The van der Waals surface area contributed by atoms with Crippen molar-refractivity contribution in [2.75, 3.05) is 0 Å². The highest BCUT2D eigenvalue weighted by Crippen LogP contribution is 2.38. The van der Waals surface area contributed by atoms with E-state index in [2.05, 4.69) is 15.5 Å². The van der Waals surface area contributed by atoms with Gasteiger partial charge in [0.05, 0.1) is 12.0 Å².